The van der Waals surface area contributed by atoms with Crippen LogP contribution in [0.4, 0.5) is 0 Å². The smallest absolute Gasteiger partial charge is 0.253 e. The van der Waals surface area contributed by atoms with Crippen LogP contribution in [0.2, 0.25) is 0 Å². The van der Waals surface area contributed by atoms with Crippen LogP contribution in [0.25, 0.3) is 0 Å². The Bertz CT molecular complexity index is 496. The Balaban J connectivity index is 1.79. The highest BCUT2D eigenvalue weighted by molar-refractivity contribution is 5.95. The summed E-state index contributed by atoms with van der Waals surface area (Å²) in [6.45, 7) is 3.23. The van der Waals surface area contributed by atoms with Crippen LogP contribution in [0.1, 0.15) is 30.1 Å². The summed E-state index contributed by atoms with van der Waals surface area (Å²) in [5, 5.41) is 0. The first kappa shape index (κ1) is 12.3. The number of rotatable bonds is 3. The zero-order valence-electron chi connectivity index (χ0n) is 11.4. The summed E-state index contributed by atoms with van der Waals surface area (Å²) in [5.41, 5.74) is 0.666. The SMILES string of the molecule is CC(C1CC1)N(C)C(=O)c1ccc2c(c1)OCCO2. The lowest BCUT2D eigenvalue weighted by molar-refractivity contribution is 0.0726. The molecule has 4 nitrogen and oxygen atoms in total. The van der Waals surface area contributed by atoms with E-state index < -0.39 is 0 Å². The Hall–Kier alpha value is -1.71. The van der Waals surface area contributed by atoms with Crippen LogP contribution < -0.4 is 9.47 Å². The molecule has 0 bridgehead atoms. The normalized spacial score (nSPS) is 18.8. The summed E-state index contributed by atoms with van der Waals surface area (Å²) < 4.78 is 11.0. The van der Waals surface area contributed by atoms with E-state index in [9.17, 15) is 4.79 Å². The second-order valence-corrected chi connectivity index (χ2v) is 5.35. The number of amides is 1. The van der Waals surface area contributed by atoms with Gasteiger partial charge in [-0.05, 0) is 43.9 Å². The molecule has 1 aromatic rings. The number of carbonyl (C=O) groups excluding carboxylic acids is 1. The van der Waals surface area contributed by atoms with Gasteiger partial charge in [0, 0.05) is 18.7 Å². The van der Waals surface area contributed by atoms with E-state index in [1.165, 1.54) is 12.8 Å². The number of benzene rings is 1. The fourth-order valence-electron chi connectivity index (χ4n) is 2.46. The molecule has 1 aromatic carbocycles. The van der Waals surface area contributed by atoms with Crippen molar-refractivity contribution in [2.24, 2.45) is 5.92 Å². The second kappa shape index (κ2) is 4.76. The number of hydrogen-bond acceptors (Lipinski definition) is 3. The average molecular weight is 261 g/mol. The highest BCUT2D eigenvalue weighted by Gasteiger charge is 2.32. The zero-order chi connectivity index (χ0) is 13.4. The second-order valence-electron chi connectivity index (χ2n) is 5.35. The molecule has 0 radical (unpaired) electrons. The van der Waals surface area contributed by atoms with Crippen LogP contribution in [-0.4, -0.2) is 37.1 Å². The first-order valence-electron chi connectivity index (χ1n) is 6.83. The van der Waals surface area contributed by atoms with Gasteiger partial charge in [0.05, 0.1) is 0 Å². The molecule has 1 aliphatic carbocycles. The van der Waals surface area contributed by atoms with Gasteiger partial charge in [-0.3, -0.25) is 4.79 Å². The maximum absolute atomic E-state index is 12.4. The van der Waals surface area contributed by atoms with Crippen molar-refractivity contribution in [2.75, 3.05) is 20.3 Å². The monoisotopic (exact) mass is 261 g/mol. The standard InChI is InChI=1S/C15H19NO3/c1-10(11-3-4-11)16(2)15(17)12-5-6-13-14(9-12)19-8-7-18-13/h5-6,9-11H,3-4,7-8H2,1-2H3. The Morgan fingerprint density at radius 2 is 1.95 bits per heavy atom. The van der Waals surface area contributed by atoms with Crippen LogP contribution in [0.5, 0.6) is 11.5 Å². The minimum absolute atomic E-state index is 0.0522. The molecular formula is C15H19NO3. The van der Waals surface area contributed by atoms with Crippen molar-refractivity contribution in [1.29, 1.82) is 0 Å². The zero-order valence-corrected chi connectivity index (χ0v) is 11.4. The largest absolute Gasteiger partial charge is 0.486 e. The molecule has 19 heavy (non-hydrogen) atoms. The summed E-state index contributed by atoms with van der Waals surface area (Å²) in [5.74, 6) is 2.12. The van der Waals surface area contributed by atoms with Gasteiger partial charge >= 0.3 is 0 Å². The van der Waals surface area contributed by atoms with E-state index in [-0.39, 0.29) is 5.91 Å². The molecule has 1 aliphatic heterocycles. The summed E-state index contributed by atoms with van der Waals surface area (Å²) in [4.78, 5) is 14.3. The fraction of sp³-hybridized carbons (Fsp3) is 0.533. The van der Waals surface area contributed by atoms with Crippen molar-refractivity contribution in [3.05, 3.63) is 23.8 Å². The van der Waals surface area contributed by atoms with Gasteiger partial charge in [-0.25, -0.2) is 0 Å². The molecule has 1 unspecified atom stereocenters. The van der Waals surface area contributed by atoms with Gasteiger partial charge in [0.15, 0.2) is 11.5 Å². The van der Waals surface area contributed by atoms with E-state index in [0.29, 0.717) is 36.5 Å². The van der Waals surface area contributed by atoms with Crippen LogP contribution in [0.3, 0.4) is 0 Å². The number of hydrogen-bond donors (Lipinski definition) is 0. The predicted octanol–water partition coefficient (Wildman–Crippen LogP) is 2.33. The number of ether oxygens (including phenoxy) is 2. The molecule has 102 valence electrons. The van der Waals surface area contributed by atoms with Gasteiger partial charge < -0.3 is 14.4 Å². The Morgan fingerprint density at radius 1 is 1.26 bits per heavy atom. The number of carbonyl (C=O) groups is 1. The molecule has 0 N–H and O–H groups in total. The molecular weight excluding hydrogens is 242 g/mol. The van der Waals surface area contributed by atoms with Gasteiger partial charge in [-0.15, -0.1) is 0 Å². The van der Waals surface area contributed by atoms with E-state index in [2.05, 4.69) is 6.92 Å². The van der Waals surface area contributed by atoms with Crippen molar-refractivity contribution in [2.45, 2.75) is 25.8 Å². The van der Waals surface area contributed by atoms with Gasteiger partial charge in [0.25, 0.3) is 5.91 Å². The third-order valence-electron chi connectivity index (χ3n) is 4.02. The van der Waals surface area contributed by atoms with Gasteiger partial charge in [-0.1, -0.05) is 0 Å². The maximum Gasteiger partial charge on any atom is 0.253 e. The topological polar surface area (TPSA) is 38.8 Å². The predicted molar refractivity (Wildman–Crippen MR) is 71.7 cm³/mol. The molecule has 0 saturated heterocycles. The van der Waals surface area contributed by atoms with Crippen molar-refractivity contribution >= 4 is 5.91 Å². The van der Waals surface area contributed by atoms with Crippen molar-refractivity contribution in [3.8, 4) is 11.5 Å². The summed E-state index contributed by atoms with van der Waals surface area (Å²) in [6.07, 6.45) is 2.47. The average Bonchev–Trinajstić information content (AvgIpc) is 3.29. The van der Waals surface area contributed by atoms with Crippen LogP contribution in [0, 0.1) is 5.92 Å². The van der Waals surface area contributed by atoms with E-state index in [4.69, 9.17) is 9.47 Å². The summed E-state index contributed by atoms with van der Waals surface area (Å²) in [6, 6.07) is 5.72. The van der Waals surface area contributed by atoms with Crippen LogP contribution in [0.15, 0.2) is 18.2 Å². The quantitative estimate of drug-likeness (QED) is 0.838. The van der Waals surface area contributed by atoms with Crippen molar-refractivity contribution < 1.29 is 14.3 Å². The minimum Gasteiger partial charge on any atom is -0.486 e. The Kier molecular flexibility index (Phi) is 3.09. The molecule has 1 amide bonds. The van der Waals surface area contributed by atoms with E-state index >= 15 is 0 Å². The Labute approximate surface area is 113 Å². The van der Waals surface area contributed by atoms with E-state index in [1.54, 1.807) is 6.07 Å². The lowest BCUT2D eigenvalue weighted by atomic mass is 10.1. The molecule has 1 saturated carbocycles. The summed E-state index contributed by atoms with van der Waals surface area (Å²) >= 11 is 0. The maximum atomic E-state index is 12.4. The van der Waals surface area contributed by atoms with Crippen LogP contribution >= 0.6 is 0 Å². The molecule has 0 aromatic heterocycles. The highest BCUT2D eigenvalue weighted by Crippen LogP contribution is 2.36. The lowest BCUT2D eigenvalue weighted by Gasteiger charge is -2.25. The van der Waals surface area contributed by atoms with Crippen molar-refractivity contribution in [3.63, 3.8) is 0 Å². The Morgan fingerprint density at radius 3 is 2.63 bits per heavy atom. The first-order chi connectivity index (χ1) is 9.16. The van der Waals surface area contributed by atoms with Gasteiger partial charge in [-0.2, -0.15) is 0 Å². The fourth-order valence-corrected chi connectivity index (χ4v) is 2.46. The minimum atomic E-state index is 0.0522. The number of fused-ring (bicyclic) bond motifs is 1. The molecule has 2 aliphatic rings. The summed E-state index contributed by atoms with van der Waals surface area (Å²) in [7, 11) is 1.88. The van der Waals surface area contributed by atoms with E-state index in [0.717, 1.165) is 5.75 Å². The molecule has 4 heteroatoms. The third-order valence-corrected chi connectivity index (χ3v) is 4.02. The molecule has 1 heterocycles. The van der Waals surface area contributed by atoms with Gasteiger partial charge in [0.2, 0.25) is 0 Å². The molecule has 0 spiro atoms. The molecule has 1 fully saturated rings. The number of nitrogens with zero attached hydrogens (tertiary/aromatic N) is 1. The van der Waals surface area contributed by atoms with Gasteiger partial charge in [0.1, 0.15) is 13.2 Å². The highest BCUT2D eigenvalue weighted by atomic mass is 16.6. The third kappa shape index (κ3) is 2.39. The molecule has 1 atom stereocenters. The van der Waals surface area contributed by atoms with Crippen LogP contribution in [-0.2, 0) is 0 Å². The van der Waals surface area contributed by atoms with Crippen molar-refractivity contribution in [1.82, 2.24) is 4.90 Å². The van der Waals surface area contributed by atoms with E-state index in [1.807, 2.05) is 24.1 Å². The lowest BCUT2D eigenvalue weighted by Crippen LogP contribution is -2.36. The molecule has 3 rings (SSSR count). The first-order valence-corrected chi connectivity index (χ1v) is 6.83.